The molecule has 1 amide bonds. The summed E-state index contributed by atoms with van der Waals surface area (Å²) in [5.41, 5.74) is 26.8. The minimum absolute atomic E-state index is 0. The van der Waals surface area contributed by atoms with Crippen molar-refractivity contribution in [2.45, 2.75) is 46.0 Å². The van der Waals surface area contributed by atoms with Gasteiger partial charge in [-0.25, -0.2) is 52.9 Å². The van der Waals surface area contributed by atoms with Crippen LogP contribution in [0.4, 0.5) is 41.0 Å². The van der Waals surface area contributed by atoms with E-state index >= 15 is 0 Å². The van der Waals surface area contributed by atoms with Gasteiger partial charge in [0.25, 0.3) is 0 Å². The van der Waals surface area contributed by atoms with Gasteiger partial charge in [-0.3, -0.25) is 24.8 Å². The monoisotopic (exact) mass is 1120 g/mol. The lowest BCUT2D eigenvalue weighted by atomic mass is 10.2. The van der Waals surface area contributed by atoms with Gasteiger partial charge < -0.3 is 40.9 Å². The van der Waals surface area contributed by atoms with Crippen molar-refractivity contribution in [1.82, 2.24) is 64.2 Å². The van der Waals surface area contributed by atoms with E-state index in [1.54, 1.807) is 103 Å². The summed E-state index contributed by atoms with van der Waals surface area (Å²) in [6.07, 6.45) is 10.9. The Morgan fingerprint density at radius 2 is 1.01 bits per heavy atom. The molecular formula is C53H49ClF3N19O5. The molecule has 0 unspecified atom stereocenters. The lowest BCUT2D eigenvalue weighted by Gasteiger charge is -2.19. The molecule has 0 aliphatic rings. The van der Waals surface area contributed by atoms with Crippen molar-refractivity contribution in [3.8, 4) is 57.8 Å². The Hall–Kier alpha value is -10.7. The van der Waals surface area contributed by atoms with Crippen molar-refractivity contribution in [2.75, 3.05) is 22.5 Å². The van der Waals surface area contributed by atoms with Gasteiger partial charge in [-0.1, -0.05) is 54.6 Å². The van der Waals surface area contributed by atoms with Crippen LogP contribution in [0, 0.1) is 22.9 Å². The van der Waals surface area contributed by atoms with Gasteiger partial charge in [-0.15, -0.1) is 12.4 Å². The molecule has 0 fully saturated rings. The van der Waals surface area contributed by atoms with Gasteiger partial charge in [0.05, 0.1) is 56.3 Å². The quantitative estimate of drug-likeness (QED) is 0.0463. The third-order valence-corrected chi connectivity index (χ3v) is 11.2. The fourth-order valence-corrected chi connectivity index (χ4v) is 7.45. The van der Waals surface area contributed by atoms with Crippen molar-refractivity contribution in [3.05, 3.63) is 181 Å². The minimum Gasteiger partial charge on any atom is -0.444 e. The standard InChI is InChI=1S/C22H22FN7O3.C17H14FN7O.C14H12FN5O.ClH/c1-22(2,3)33-21(31)27-16-11-26-19(28-18(16)24)15-10-17(20-25-8-9-32-20)30(29-15)12-13-6-4-5-7-14(13)23;18-11-4-2-1-3-10(11)9-25-14(17-21-5-6-26-17)7-13(24-25)16-22-8-12(19)15(20)23-16;15-10-4-2-1-3-9(10)8-20-12(14-18-5-6-21-14)7-11(19-20)13(16)17;/h4-11H,12H2,1-3H3,(H,27,31)(H2,24,26,28);1-8H,9,19H2,(H2,20,22,23);1-7H,8H2,(H3,16,17);1H. The number of amidine groups is 1. The topological polar surface area (TPSA) is 349 Å². The highest BCUT2D eigenvalue weighted by Crippen LogP contribution is 2.29. The molecule has 0 saturated carbocycles. The first-order valence-electron chi connectivity index (χ1n) is 23.9. The number of amides is 1. The van der Waals surface area contributed by atoms with Crippen LogP contribution in [0.5, 0.6) is 0 Å². The molecule has 0 saturated heterocycles. The average Bonchev–Trinajstić information content (AvgIpc) is 4.35. The van der Waals surface area contributed by atoms with Gasteiger partial charge in [0.1, 0.15) is 87.5 Å². The van der Waals surface area contributed by atoms with Crippen LogP contribution in [0.1, 0.15) is 43.2 Å². The van der Waals surface area contributed by atoms with E-state index in [2.05, 4.69) is 55.5 Å². The largest absolute Gasteiger partial charge is 0.444 e. The van der Waals surface area contributed by atoms with Crippen LogP contribution in [0.15, 0.2) is 154 Å². The summed E-state index contributed by atoms with van der Waals surface area (Å²) in [7, 11) is 0. The summed E-state index contributed by atoms with van der Waals surface area (Å²) in [6.45, 7) is 5.76. The van der Waals surface area contributed by atoms with Gasteiger partial charge in [0.15, 0.2) is 23.3 Å². The van der Waals surface area contributed by atoms with Crippen LogP contribution in [0.25, 0.3) is 57.8 Å². The second kappa shape index (κ2) is 24.7. The molecule has 3 aromatic carbocycles. The molecule has 8 heterocycles. The maximum atomic E-state index is 14.2. The van der Waals surface area contributed by atoms with Crippen molar-refractivity contribution in [1.29, 1.82) is 5.41 Å². The van der Waals surface area contributed by atoms with E-state index in [1.165, 1.54) is 72.7 Å². The van der Waals surface area contributed by atoms with E-state index in [1.807, 2.05) is 0 Å². The van der Waals surface area contributed by atoms with Gasteiger partial charge in [-0.05, 0) is 39.0 Å². The molecule has 11 rings (SSSR count). The number of hydrogen-bond acceptors (Lipinski definition) is 19. The summed E-state index contributed by atoms with van der Waals surface area (Å²) in [6, 6.07) is 24.3. The van der Waals surface area contributed by atoms with E-state index in [-0.39, 0.29) is 84.2 Å². The summed E-state index contributed by atoms with van der Waals surface area (Å²) < 4.78 is 67.9. The molecule has 0 spiro atoms. The minimum atomic E-state index is -0.675. The van der Waals surface area contributed by atoms with Gasteiger partial charge in [0.2, 0.25) is 17.7 Å². The Morgan fingerprint density at radius 1 is 0.605 bits per heavy atom. The molecule has 0 aliphatic carbocycles. The smallest absolute Gasteiger partial charge is 0.412 e. The third kappa shape index (κ3) is 13.9. The Labute approximate surface area is 464 Å². The van der Waals surface area contributed by atoms with Crippen molar-refractivity contribution in [2.24, 2.45) is 5.73 Å². The molecule has 28 heteroatoms. The molecule has 81 heavy (non-hydrogen) atoms. The van der Waals surface area contributed by atoms with Crippen molar-refractivity contribution < 1.29 is 36.0 Å². The number of anilines is 4. The second-order valence-electron chi connectivity index (χ2n) is 18.1. The number of ether oxygens (including phenoxy) is 1. The van der Waals surface area contributed by atoms with Crippen molar-refractivity contribution in [3.63, 3.8) is 0 Å². The average molecular weight is 1120 g/mol. The molecule has 0 bridgehead atoms. The van der Waals surface area contributed by atoms with Gasteiger partial charge in [-0.2, -0.15) is 15.3 Å². The van der Waals surface area contributed by atoms with Crippen LogP contribution < -0.4 is 28.3 Å². The highest BCUT2D eigenvalue weighted by molar-refractivity contribution is 5.94. The first-order valence-corrected chi connectivity index (χ1v) is 23.9. The van der Waals surface area contributed by atoms with Crippen molar-refractivity contribution >= 4 is 47.3 Å². The van der Waals surface area contributed by atoms with Gasteiger partial charge in [0, 0.05) is 34.9 Å². The summed E-state index contributed by atoms with van der Waals surface area (Å²) in [5, 5.41) is 23.2. The summed E-state index contributed by atoms with van der Waals surface area (Å²) in [4.78, 5) is 41.2. The number of carbonyl (C=O) groups excluding carboxylic acids is 1. The Morgan fingerprint density at radius 3 is 1.40 bits per heavy atom. The number of oxazole rings is 3. The molecule has 11 aromatic rings. The molecule has 0 radical (unpaired) electrons. The predicted molar refractivity (Wildman–Crippen MR) is 293 cm³/mol. The Kier molecular flexibility index (Phi) is 17.3. The summed E-state index contributed by atoms with van der Waals surface area (Å²) >= 11 is 0. The number of nitrogen functional groups attached to an aromatic ring is 4. The molecule has 8 aromatic heterocycles. The zero-order valence-electron chi connectivity index (χ0n) is 43.1. The zero-order valence-corrected chi connectivity index (χ0v) is 43.9. The van der Waals surface area contributed by atoms with E-state index in [0.29, 0.717) is 74.4 Å². The number of nitrogens with one attached hydrogen (secondary N) is 2. The first-order chi connectivity index (χ1) is 38.5. The van der Waals surface area contributed by atoms with E-state index in [9.17, 15) is 18.0 Å². The maximum Gasteiger partial charge on any atom is 0.412 e. The predicted octanol–water partition coefficient (Wildman–Crippen LogP) is 8.89. The lowest BCUT2D eigenvalue weighted by molar-refractivity contribution is 0.0635. The fourth-order valence-electron chi connectivity index (χ4n) is 7.45. The number of halogens is 4. The van der Waals surface area contributed by atoms with Gasteiger partial charge >= 0.3 is 6.09 Å². The number of carbonyl (C=O) groups is 1. The molecule has 0 aliphatic heterocycles. The highest BCUT2D eigenvalue weighted by atomic mass is 35.5. The molecule has 24 nitrogen and oxygen atoms in total. The van der Waals surface area contributed by atoms with E-state index in [0.717, 1.165) is 0 Å². The number of nitrogens with two attached hydrogens (primary N) is 4. The number of hydrogen-bond donors (Lipinski definition) is 6. The fraction of sp³-hybridized carbons (Fsp3) is 0.132. The second-order valence-corrected chi connectivity index (χ2v) is 18.1. The van der Waals surface area contributed by atoms with Crippen LogP contribution in [-0.2, 0) is 24.4 Å². The van der Waals surface area contributed by atoms with E-state index < -0.39 is 11.7 Å². The Bertz CT molecular complexity index is 3920. The molecule has 0 atom stereocenters. The highest BCUT2D eigenvalue weighted by Gasteiger charge is 2.23. The van der Waals surface area contributed by atoms with Crippen LogP contribution in [0.3, 0.4) is 0 Å². The van der Waals surface area contributed by atoms with Crippen LogP contribution >= 0.6 is 12.4 Å². The number of benzene rings is 3. The Balaban J connectivity index is 0.000000162. The van der Waals surface area contributed by atoms with E-state index in [4.69, 9.17) is 46.3 Å². The maximum absolute atomic E-state index is 14.2. The molecular weight excluding hydrogens is 1080 g/mol. The van der Waals surface area contributed by atoms with Crippen LogP contribution in [-0.4, -0.2) is 81.8 Å². The first kappa shape index (κ1) is 56.5. The summed E-state index contributed by atoms with van der Waals surface area (Å²) in [5.74, 6) is 0.534. The lowest BCUT2D eigenvalue weighted by Crippen LogP contribution is -2.27. The third-order valence-electron chi connectivity index (χ3n) is 11.2. The zero-order chi connectivity index (χ0) is 56.5. The number of aromatic nitrogens is 13. The van der Waals surface area contributed by atoms with Crippen LogP contribution in [0.2, 0.25) is 0 Å². The molecule has 10 N–H and O–H groups in total. The number of rotatable bonds is 13. The molecule has 414 valence electrons. The number of nitrogens with zero attached hydrogens (tertiary/aromatic N) is 13. The SMILES string of the molecule is CC(C)(C)OC(=O)Nc1cnc(-c2cc(-c3ncco3)n(Cc3ccccc3F)n2)nc1N.Cl.N=C(N)c1cc(-c2ncco2)n(Cc2ccccc2F)n1.Nc1cnc(-c2cc(-c3ncco3)n(Cc3ccccc3F)n2)nc1N. The normalized spacial score (nSPS) is 10.9.